The molecule has 3 rings (SSSR count). The molecule has 2 fully saturated rings. The monoisotopic (exact) mass is 242 g/mol. The van der Waals surface area contributed by atoms with Gasteiger partial charge in [0.25, 0.3) is 0 Å². The first kappa shape index (κ1) is 9.91. The van der Waals surface area contributed by atoms with Gasteiger partial charge in [0.1, 0.15) is 5.15 Å². The number of hydrogen-bond acceptors (Lipinski definition) is 3. The Hall–Kier alpha value is -0.280. The summed E-state index contributed by atoms with van der Waals surface area (Å²) in [7, 11) is 0. The van der Waals surface area contributed by atoms with Crippen molar-refractivity contribution in [2.45, 2.75) is 32.1 Å². The Labute approximate surface area is 99.1 Å². The summed E-state index contributed by atoms with van der Waals surface area (Å²) in [5.74, 6) is 0.995. The zero-order valence-corrected chi connectivity index (χ0v) is 10.2. The van der Waals surface area contributed by atoms with E-state index in [1.165, 1.54) is 32.1 Å². The third kappa shape index (κ3) is 1.87. The van der Waals surface area contributed by atoms with E-state index in [2.05, 4.69) is 10.3 Å². The second-order valence-corrected chi connectivity index (χ2v) is 6.06. The lowest BCUT2D eigenvalue weighted by Gasteiger charge is -2.42. The quantitative estimate of drug-likeness (QED) is 0.869. The van der Waals surface area contributed by atoms with E-state index < -0.39 is 0 Å². The maximum absolute atomic E-state index is 5.79. The molecule has 2 saturated carbocycles. The second kappa shape index (κ2) is 3.63. The topological polar surface area (TPSA) is 24.9 Å². The largest absolute Gasteiger partial charge is 0.361 e. The lowest BCUT2D eigenvalue weighted by molar-refractivity contribution is 0.118. The lowest BCUT2D eigenvalue weighted by atomic mass is 9.65. The van der Waals surface area contributed by atoms with Crippen LogP contribution in [0.4, 0.5) is 5.13 Å². The zero-order chi connectivity index (χ0) is 10.3. The van der Waals surface area contributed by atoms with Crippen molar-refractivity contribution >= 4 is 28.1 Å². The number of nitrogens with zero attached hydrogens (tertiary/aromatic N) is 1. The molecule has 15 heavy (non-hydrogen) atoms. The van der Waals surface area contributed by atoms with Gasteiger partial charge in [-0.2, -0.15) is 0 Å². The molecule has 0 unspecified atom stereocenters. The van der Waals surface area contributed by atoms with Crippen LogP contribution in [0.25, 0.3) is 0 Å². The van der Waals surface area contributed by atoms with Crippen LogP contribution in [0.15, 0.2) is 5.38 Å². The SMILES string of the molecule is Clc1csc(NCC2(C3CC3)CCC2)n1. The minimum Gasteiger partial charge on any atom is -0.361 e. The molecule has 82 valence electrons. The minimum atomic E-state index is 0.608. The minimum absolute atomic E-state index is 0.608. The van der Waals surface area contributed by atoms with Crippen LogP contribution in [0.1, 0.15) is 32.1 Å². The van der Waals surface area contributed by atoms with Crippen molar-refractivity contribution in [3.8, 4) is 0 Å². The maximum Gasteiger partial charge on any atom is 0.184 e. The first-order valence-electron chi connectivity index (χ1n) is 5.63. The highest BCUT2D eigenvalue weighted by Crippen LogP contribution is 2.57. The molecule has 0 radical (unpaired) electrons. The molecule has 0 aliphatic heterocycles. The lowest BCUT2D eigenvalue weighted by Crippen LogP contribution is -2.38. The average molecular weight is 243 g/mol. The van der Waals surface area contributed by atoms with Gasteiger partial charge in [-0.05, 0) is 37.0 Å². The van der Waals surface area contributed by atoms with E-state index in [0.717, 1.165) is 17.6 Å². The van der Waals surface area contributed by atoms with E-state index in [1.54, 1.807) is 11.3 Å². The van der Waals surface area contributed by atoms with Crippen molar-refractivity contribution in [1.29, 1.82) is 0 Å². The third-order valence-electron chi connectivity index (χ3n) is 3.86. The maximum atomic E-state index is 5.79. The number of hydrogen-bond donors (Lipinski definition) is 1. The molecule has 1 aromatic rings. The fourth-order valence-electron chi connectivity index (χ4n) is 2.64. The Kier molecular flexibility index (Phi) is 2.40. The summed E-state index contributed by atoms with van der Waals surface area (Å²) in [6, 6.07) is 0. The molecule has 0 aromatic carbocycles. The molecule has 2 aliphatic carbocycles. The van der Waals surface area contributed by atoms with Crippen LogP contribution in [0.3, 0.4) is 0 Å². The smallest absolute Gasteiger partial charge is 0.184 e. The van der Waals surface area contributed by atoms with Gasteiger partial charge in [0, 0.05) is 11.9 Å². The van der Waals surface area contributed by atoms with Gasteiger partial charge in [-0.3, -0.25) is 0 Å². The molecule has 0 amide bonds. The van der Waals surface area contributed by atoms with Crippen LogP contribution in [-0.4, -0.2) is 11.5 Å². The molecule has 1 heterocycles. The predicted molar refractivity (Wildman–Crippen MR) is 64.6 cm³/mol. The summed E-state index contributed by atoms with van der Waals surface area (Å²) in [5, 5.41) is 6.92. The number of anilines is 1. The first-order chi connectivity index (χ1) is 7.28. The normalized spacial score (nSPS) is 23.5. The van der Waals surface area contributed by atoms with Crippen molar-refractivity contribution in [3.63, 3.8) is 0 Å². The summed E-state index contributed by atoms with van der Waals surface area (Å²) in [4.78, 5) is 4.22. The van der Waals surface area contributed by atoms with Crippen molar-refractivity contribution < 1.29 is 0 Å². The summed E-state index contributed by atoms with van der Waals surface area (Å²) in [6.07, 6.45) is 7.12. The molecule has 0 bridgehead atoms. The number of thiazole rings is 1. The third-order valence-corrected chi connectivity index (χ3v) is 4.98. The first-order valence-corrected chi connectivity index (χ1v) is 6.89. The van der Waals surface area contributed by atoms with E-state index in [4.69, 9.17) is 11.6 Å². The Bertz CT molecular complexity index is 355. The van der Waals surface area contributed by atoms with Crippen LogP contribution in [0.2, 0.25) is 5.15 Å². The van der Waals surface area contributed by atoms with E-state index in [-0.39, 0.29) is 0 Å². The molecule has 1 aromatic heterocycles. The fourth-order valence-corrected chi connectivity index (χ4v) is 3.48. The number of halogens is 1. The van der Waals surface area contributed by atoms with Gasteiger partial charge in [-0.15, -0.1) is 11.3 Å². The highest BCUT2D eigenvalue weighted by atomic mass is 35.5. The highest BCUT2D eigenvalue weighted by Gasteiger charge is 2.48. The summed E-state index contributed by atoms with van der Waals surface area (Å²) >= 11 is 7.40. The number of aromatic nitrogens is 1. The molecule has 0 atom stereocenters. The molecular formula is C11H15ClN2S. The van der Waals surface area contributed by atoms with Gasteiger partial charge in [0.15, 0.2) is 5.13 Å². The summed E-state index contributed by atoms with van der Waals surface area (Å²) in [5.41, 5.74) is 0.609. The van der Waals surface area contributed by atoms with Crippen LogP contribution >= 0.6 is 22.9 Å². The van der Waals surface area contributed by atoms with Gasteiger partial charge in [0.2, 0.25) is 0 Å². The summed E-state index contributed by atoms with van der Waals surface area (Å²) < 4.78 is 0. The molecule has 0 spiro atoms. The van der Waals surface area contributed by atoms with Gasteiger partial charge >= 0.3 is 0 Å². The van der Waals surface area contributed by atoms with Crippen LogP contribution in [0.5, 0.6) is 0 Å². The van der Waals surface area contributed by atoms with Gasteiger partial charge in [0.05, 0.1) is 0 Å². The second-order valence-electron chi connectivity index (χ2n) is 4.82. The van der Waals surface area contributed by atoms with Crippen molar-refractivity contribution in [3.05, 3.63) is 10.5 Å². The Morgan fingerprint density at radius 2 is 2.33 bits per heavy atom. The number of rotatable bonds is 4. The zero-order valence-electron chi connectivity index (χ0n) is 8.63. The van der Waals surface area contributed by atoms with Gasteiger partial charge in [-0.1, -0.05) is 18.0 Å². The fraction of sp³-hybridized carbons (Fsp3) is 0.727. The molecule has 0 saturated heterocycles. The molecule has 1 N–H and O–H groups in total. The van der Waals surface area contributed by atoms with E-state index in [1.807, 2.05) is 5.38 Å². The number of nitrogens with one attached hydrogen (secondary N) is 1. The van der Waals surface area contributed by atoms with Crippen LogP contribution in [-0.2, 0) is 0 Å². The predicted octanol–water partition coefficient (Wildman–Crippen LogP) is 3.79. The van der Waals surface area contributed by atoms with E-state index >= 15 is 0 Å². The standard InChI is InChI=1S/C11H15ClN2S/c12-9-6-15-10(14-9)13-7-11(4-1-5-11)8-2-3-8/h6,8H,1-5,7H2,(H,13,14). The molecule has 4 heteroatoms. The Balaban J connectivity index is 1.60. The highest BCUT2D eigenvalue weighted by molar-refractivity contribution is 7.14. The van der Waals surface area contributed by atoms with Crippen LogP contribution < -0.4 is 5.32 Å². The molecule has 2 nitrogen and oxygen atoms in total. The van der Waals surface area contributed by atoms with Gasteiger partial charge in [-0.25, -0.2) is 4.98 Å². The van der Waals surface area contributed by atoms with Gasteiger partial charge < -0.3 is 5.32 Å². The van der Waals surface area contributed by atoms with Crippen molar-refractivity contribution in [2.75, 3.05) is 11.9 Å². The Morgan fingerprint density at radius 1 is 1.53 bits per heavy atom. The van der Waals surface area contributed by atoms with E-state index in [9.17, 15) is 0 Å². The average Bonchev–Trinajstić information content (AvgIpc) is 2.90. The molecular weight excluding hydrogens is 228 g/mol. The Morgan fingerprint density at radius 3 is 2.80 bits per heavy atom. The van der Waals surface area contributed by atoms with Crippen molar-refractivity contribution in [2.24, 2.45) is 11.3 Å². The van der Waals surface area contributed by atoms with Crippen LogP contribution in [0, 0.1) is 11.3 Å². The van der Waals surface area contributed by atoms with E-state index in [0.29, 0.717) is 10.6 Å². The summed E-state index contributed by atoms with van der Waals surface area (Å²) in [6.45, 7) is 1.10. The molecule has 2 aliphatic rings. The van der Waals surface area contributed by atoms with Crippen molar-refractivity contribution in [1.82, 2.24) is 4.98 Å².